The average Bonchev–Trinajstić information content (AvgIpc) is 3.06. The van der Waals surface area contributed by atoms with Crippen molar-refractivity contribution in [1.82, 2.24) is 15.5 Å². The van der Waals surface area contributed by atoms with E-state index in [1.54, 1.807) is 6.26 Å². The molecule has 5 heteroatoms. The number of guanidine groups is 1. The highest BCUT2D eigenvalue weighted by Gasteiger charge is 2.16. The van der Waals surface area contributed by atoms with Gasteiger partial charge < -0.3 is 20.0 Å². The van der Waals surface area contributed by atoms with Crippen LogP contribution >= 0.6 is 0 Å². The molecule has 23 heavy (non-hydrogen) atoms. The van der Waals surface area contributed by atoms with Crippen molar-refractivity contribution in [1.29, 1.82) is 0 Å². The molecule has 0 bridgehead atoms. The van der Waals surface area contributed by atoms with Gasteiger partial charge in [0.15, 0.2) is 5.96 Å². The van der Waals surface area contributed by atoms with E-state index in [0.29, 0.717) is 0 Å². The van der Waals surface area contributed by atoms with Gasteiger partial charge in [0.1, 0.15) is 5.76 Å². The fourth-order valence-corrected chi connectivity index (χ4v) is 3.06. The number of nitrogens with one attached hydrogen (secondary N) is 2. The molecule has 1 aromatic rings. The minimum atomic E-state index is 0.743. The van der Waals surface area contributed by atoms with Crippen LogP contribution < -0.4 is 10.6 Å². The van der Waals surface area contributed by atoms with E-state index in [4.69, 9.17) is 4.42 Å². The van der Waals surface area contributed by atoms with Crippen molar-refractivity contribution in [2.75, 3.05) is 32.7 Å². The fourth-order valence-electron chi connectivity index (χ4n) is 3.06. The first-order chi connectivity index (χ1) is 11.3. The molecule has 2 heterocycles. The lowest BCUT2D eigenvalue weighted by Crippen LogP contribution is -2.39. The Labute approximate surface area is 140 Å². The van der Waals surface area contributed by atoms with Crippen LogP contribution in [-0.4, -0.2) is 49.6 Å². The van der Waals surface area contributed by atoms with E-state index in [1.165, 1.54) is 25.8 Å². The summed E-state index contributed by atoms with van der Waals surface area (Å²) >= 11 is 0. The SMILES string of the molecule is CCNC(=NCCCN1CCCCC1C)NCCc1ccco1. The number of furan rings is 1. The van der Waals surface area contributed by atoms with Gasteiger partial charge in [-0.15, -0.1) is 0 Å². The number of hydrogen-bond donors (Lipinski definition) is 2. The smallest absolute Gasteiger partial charge is 0.191 e. The summed E-state index contributed by atoms with van der Waals surface area (Å²) in [5.74, 6) is 1.91. The highest BCUT2D eigenvalue weighted by Crippen LogP contribution is 2.16. The Kier molecular flexibility index (Phi) is 8.01. The average molecular weight is 320 g/mol. The summed E-state index contributed by atoms with van der Waals surface area (Å²) in [5, 5.41) is 6.68. The van der Waals surface area contributed by atoms with Crippen LogP contribution in [0.4, 0.5) is 0 Å². The maximum atomic E-state index is 5.35. The zero-order valence-electron chi connectivity index (χ0n) is 14.7. The molecule has 1 fully saturated rings. The highest BCUT2D eigenvalue weighted by molar-refractivity contribution is 5.79. The Morgan fingerprint density at radius 3 is 3.04 bits per heavy atom. The minimum Gasteiger partial charge on any atom is -0.469 e. The monoisotopic (exact) mass is 320 g/mol. The van der Waals surface area contributed by atoms with Gasteiger partial charge in [0.25, 0.3) is 0 Å². The van der Waals surface area contributed by atoms with Gasteiger partial charge in [0.05, 0.1) is 6.26 Å². The molecule has 0 radical (unpaired) electrons. The van der Waals surface area contributed by atoms with Crippen molar-refractivity contribution in [2.45, 2.75) is 52.0 Å². The van der Waals surface area contributed by atoms with E-state index in [-0.39, 0.29) is 0 Å². The standard InChI is InChI=1S/C18H32N4O/c1-3-19-18(21-12-10-17-9-6-15-23-17)20-11-7-14-22-13-5-4-8-16(22)2/h6,9,15-16H,3-5,7-8,10-14H2,1-2H3,(H2,19,20,21). The Balaban J connectivity index is 1.66. The van der Waals surface area contributed by atoms with Crippen LogP contribution in [0.5, 0.6) is 0 Å². The molecule has 1 aromatic heterocycles. The van der Waals surface area contributed by atoms with E-state index in [2.05, 4.69) is 34.4 Å². The molecule has 0 spiro atoms. The first-order valence-corrected chi connectivity index (χ1v) is 9.08. The highest BCUT2D eigenvalue weighted by atomic mass is 16.3. The summed E-state index contributed by atoms with van der Waals surface area (Å²) in [6.45, 7) is 9.46. The number of rotatable bonds is 8. The maximum absolute atomic E-state index is 5.35. The first kappa shape index (κ1) is 17.9. The topological polar surface area (TPSA) is 52.8 Å². The number of aliphatic imine (C=N–C) groups is 1. The van der Waals surface area contributed by atoms with Crippen LogP contribution in [0, 0.1) is 0 Å². The van der Waals surface area contributed by atoms with Gasteiger partial charge in [0, 0.05) is 38.6 Å². The molecule has 1 aliphatic heterocycles. The first-order valence-electron chi connectivity index (χ1n) is 9.08. The van der Waals surface area contributed by atoms with Gasteiger partial charge >= 0.3 is 0 Å². The molecular weight excluding hydrogens is 288 g/mol. The number of nitrogens with zero attached hydrogens (tertiary/aromatic N) is 2. The van der Waals surface area contributed by atoms with Crippen molar-refractivity contribution in [3.05, 3.63) is 24.2 Å². The molecule has 0 aromatic carbocycles. The molecule has 1 unspecified atom stereocenters. The Morgan fingerprint density at radius 1 is 1.39 bits per heavy atom. The minimum absolute atomic E-state index is 0.743. The molecule has 2 N–H and O–H groups in total. The second-order valence-electron chi connectivity index (χ2n) is 6.25. The van der Waals surface area contributed by atoms with E-state index >= 15 is 0 Å². The normalized spacial score (nSPS) is 19.7. The predicted molar refractivity (Wildman–Crippen MR) is 95.9 cm³/mol. The van der Waals surface area contributed by atoms with Crippen molar-refractivity contribution >= 4 is 5.96 Å². The maximum Gasteiger partial charge on any atom is 0.191 e. The van der Waals surface area contributed by atoms with E-state index in [0.717, 1.165) is 56.8 Å². The van der Waals surface area contributed by atoms with Crippen LogP contribution in [0.15, 0.2) is 27.8 Å². The van der Waals surface area contributed by atoms with Crippen molar-refractivity contribution in [3.8, 4) is 0 Å². The van der Waals surface area contributed by atoms with Gasteiger partial charge in [-0.25, -0.2) is 0 Å². The summed E-state index contributed by atoms with van der Waals surface area (Å²) < 4.78 is 5.35. The van der Waals surface area contributed by atoms with Crippen LogP contribution in [0.2, 0.25) is 0 Å². The molecule has 0 saturated carbocycles. The van der Waals surface area contributed by atoms with Crippen LogP contribution in [0.3, 0.4) is 0 Å². The zero-order valence-corrected chi connectivity index (χ0v) is 14.7. The molecular formula is C18H32N4O. The third kappa shape index (κ3) is 6.65. The molecule has 1 aliphatic rings. The zero-order chi connectivity index (χ0) is 16.3. The van der Waals surface area contributed by atoms with Crippen molar-refractivity contribution in [3.63, 3.8) is 0 Å². The van der Waals surface area contributed by atoms with Crippen LogP contribution in [-0.2, 0) is 6.42 Å². The Hall–Kier alpha value is -1.49. The fraction of sp³-hybridized carbons (Fsp3) is 0.722. The van der Waals surface area contributed by atoms with Gasteiger partial charge in [-0.3, -0.25) is 4.99 Å². The predicted octanol–water partition coefficient (Wildman–Crippen LogP) is 2.64. The van der Waals surface area contributed by atoms with Crippen molar-refractivity contribution < 1.29 is 4.42 Å². The molecule has 2 rings (SSSR count). The van der Waals surface area contributed by atoms with Crippen molar-refractivity contribution in [2.24, 2.45) is 4.99 Å². The number of hydrogen-bond acceptors (Lipinski definition) is 3. The molecule has 5 nitrogen and oxygen atoms in total. The van der Waals surface area contributed by atoms with Gasteiger partial charge in [-0.2, -0.15) is 0 Å². The number of piperidine rings is 1. The third-order valence-electron chi connectivity index (χ3n) is 4.40. The third-order valence-corrected chi connectivity index (χ3v) is 4.40. The Bertz CT molecular complexity index is 444. The van der Waals surface area contributed by atoms with Gasteiger partial charge in [-0.05, 0) is 51.8 Å². The largest absolute Gasteiger partial charge is 0.469 e. The molecule has 0 amide bonds. The Morgan fingerprint density at radius 2 is 2.30 bits per heavy atom. The van der Waals surface area contributed by atoms with E-state index in [9.17, 15) is 0 Å². The van der Waals surface area contributed by atoms with Gasteiger partial charge in [0.2, 0.25) is 0 Å². The second-order valence-corrected chi connectivity index (χ2v) is 6.25. The van der Waals surface area contributed by atoms with Crippen LogP contribution in [0.1, 0.15) is 45.3 Å². The molecule has 0 aliphatic carbocycles. The van der Waals surface area contributed by atoms with E-state index in [1.807, 2.05) is 12.1 Å². The summed E-state index contributed by atoms with van der Waals surface area (Å²) in [7, 11) is 0. The lowest BCUT2D eigenvalue weighted by molar-refractivity contribution is 0.160. The quantitative estimate of drug-likeness (QED) is 0.439. The summed E-state index contributed by atoms with van der Waals surface area (Å²) in [6.07, 6.45) is 7.81. The molecule has 130 valence electrons. The van der Waals surface area contributed by atoms with E-state index < -0.39 is 0 Å². The number of likely N-dealkylation sites (tertiary alicyclic amines) is 1. The lowest BCUT2D eigenvalue weighted by atomic mass is 10.0. The summed E-state index contributed by atoms with van der Waals surface area (Å²) in [6, 6.07) is 4.68. The van der Waals surface area contributed by atoms with Crippen LogP contribution in [0.25, 0.3) is 0 Å². The summed E-state index contributed by atoms with van der Waals surface area (Å²) in [4.78, 5) is 7.29. The summed E-state index contributed by atoms with van der Waals surface area (Å²) in [5.41, 5.74) is 0. The molecule has 1 atom stereocenters. The second kappa shape index (κ2) is 10.3. The lowest BCUT2D eigenvalue weighted by Gasteiger charge is -2.33. The van der Waals surface area contributed by atoms with Gasteiger partial charge in [-0.1, -0.05) is 6.42 Å². The molecule has 1 saturated heterocycles.